The number of nitrogens with zero attached hydrogens (tertiary/aromatic N) is 2. The van der Waals surface area contributed by atoms with E-state index in [0.717, 1.165) is 12.1 Å². The molecular formula is C13H11F3N4O. The van der Waals surface area contributed by atoms with Crippen molar-refractivity contribution in [3.63, 3.8) is 0 Å². The minimum atomic E-state index is -4.37. The number of hydrogen-bond acceptors (Lipinski definition) is 2. The summed E-state index contributed by atoms with van der Waals surface area (Å²) in [5.74, 6) is 0. The summed E-state index contributed by atoms with van der Waals surface area (Å²) in [7, 11) is 0. The van der Waals surface area contributed by atoms with Crippen LogP contribution >= 0.6 is 0 Å². The van der Waals surface area contributed by atoms with E-state index in [1.807, 2.05) is 5.43 Å². The number of hydrogen-bond donors (Lipinski definition) is 2. The number of primary amides is 1. The first kappa shape index (κ1) is 14.6. The van der Waals surface area contributed by atoms with Crippen molar-refractivity contribution in [1.29, 1.82) is 0 Å². The second-order valence-corrected chi connectivity index (χ2v) is 4.08. The van der Waals surface area contributed by atoms with E-state index in [2.05, 4.69) is 5.10 Å². The molecule has 2 rings (SSSR count). The molecule has 0 aliphatic heterocycles. The molecular weight excluding hydrogens is 285 g/mol. The lowest BCUT2D eigenvalue weighted by Gasteiger charge is -2.09. The van der Waals surface area contributed by atoms with Crippen LogP contribution < -0.4 is 11.2 Å². The van der Waals surface area contributed by atoms with E-state index in [1.165, 1.54) is 18.3 Å². The fourth-order valence-electron chi connectivity index (χ4n) is 1.71. The quantitative estimate of drug-likeness (QED) is 0.663. The normalized spacial score (nSPS) is 11.8. The predicted octanol–water partition coefficient (Wildman–Crippen LogP) is 2.50. The summed E-state index contributed by atoms with van der Waals surface area (Å²) in [6.45, 7) is 0. The largest absolute Gasteiger partial charge is 0.416 e. The third-order valence-corrected chi connectivity index (χ3v) is 2.62. The fraction of sp³-hybridized carbons (Fsp3) is 0.0769. The Morgan fingerprint density at radius 1 is 1.24 bits per heavy atom. The summed E-state index contributed by atoms with van der Waals surface area (Å²) in [5.41, 5.74) is 7.29. The predicted molar refractivity (Wildman–Crippen MR) is 71.1 cm³/mol. The molecule has 8 heteroatoms. The van der Waals surface area contributed by atoms with E-state index in [-0.39, 0.29) is 0 Å². The number of alkyl halides is 3. The van der Waals surface area contributed by atoms with E-state index >= 15 is 0 Å². The molecule has 0 spiro atoms. The molecule has 1 heterocycles. The molecule has 1 aromatic heterocycles. The summed E-state index contributed by atoms with van der Waals surface area (Å²) in [5, 5.41) is 3.61. The van der Waals surface area contributed by atoms with Gasteiger partial charge in [0.1, 0.15) is 0 Å². The van der Waals surface area contributed by atoms with Gasteiger partial charge in [-0.15, -0.1) is 0 Å². The summed E-state index contributed by atoms with van der Waals surface area (Å²) in [6, 6.07) is 7.27. The Kier molecular flexibility index (Phi) is 3.97. The molecule has 2 aromatic rings. The number of hydrazone groups is 1. The molecule has 21 heavy (non-hydrogen) atoms. The van der Waals surface area contributed by atoms with Crippen molar-refractivity contribution in [1.82, 2.24) is 9.99 Å². The van der Waals surface area contributed by atoms with Crippen molar-refractivity contribution in [2.24, 2.45) is 10.8 Å². The molecule has 0 bridgehead atoms. The highest BCUT2D eigenvalue weighted by atomic mass is 19.4. The van der Waals surface area contributed by atoms with Crippen molar-refractivity contribution in [2.45, 2.75) is 6.18 Å². The third kappa shape index (κ3) is 3.62. The molecule has 1 aromatic carbocycles. The molecule has 0 aliphatic rings. The van der Waals surface area contributed by atoms with Crippen molar-refractivity contribution >= 4 is 12.2 Å². The molecule has 0 radical (unpaired) electrons. The van der Waals surface area contributed by atoms with E-state index in [0.29, 0.717) is 11.4 Å². The van der Waals surface area contributed by atoms with Crippen LogP contribution in [0.3, 0.4) is 0 Å². The van der Waals surface area contributed by atoms with E-state index in [4.69, 9.17) is 5.73 Å². The zero-order valence-corrected chi connectivity index (χ0v) is 10.6. The van der Waals surface area contributed by atoms with Gasteiger partial charge in [0.2, 0.25) is 0 Å². The first-order valence-corrected chi connectivity index (χ1v) is 5.81. The van der Waals surface area contributed by atoms with Crippen LogP contribution in [0, 0.1) is 0 Å². The summed E-state index contributed by atoms with van der Waals surface area (Å²) < 4.78 is 39.1. The molecule has 0 fully saturated rings. The molecule has 5 nitrogen and oxygen atoms in total. The van der Waals surface area contributed by atoms with Crippen molar-refractivity contribution in [2.75, 3.05) is 0 Å². The number of carbonyl (C=O) groups is 1. The Morgan fingerprint density at radius 3 is 2.48 bits per heavy atom. The molecule has 0 atom stereocenters. The topological polar surface area (TPSA) is 72.4 Å². The second kappa shape index (κ2) is 5.70. The van der Waals surface area contributed by atoms with Gasteiger partial charge < -0.3 is 10.3 Å². The van der Waals surface area contributed by atoms with Crippen LogP contribution in [-0.2, 0) is 6.18 Å². The maximum absolute atomic E-state index is 12.5. The van der Waals surface area contributed by atoms with Crippen LogP contribution in [-0.4, -0.2) is 16.8 Å². The van der Waals surface area contributed by atoms with E-state index < -0.39 is 17.8 Å². The SMILES string of the molecule is NC(=O)N/N=C/c1cccn1-c1ccc(C(F)(F)F)cc1. The van der Waals surface area contributed by atoms with Gasteiger partial charge in [-0.3, -0.25) is 0 Å². The van der Waals surface area contributed by atoms with Crippen LogP contribution in [0.15, 0.2) is 47.7 Å². The number of benzene rings is 1. The minimum absolute atomic E-state index is 0.536. The molecule has 0 aliphatic carbocycles. The Bertz CT molecular complexity index is 659. The minimum Gasteiger partial charge on any atom is -0.350 e. The number of carbonyl (C=O) groups excluding carboxylic acids is 1. The van der Waals surface area contributed by atoms with Gasteiger partial charge in [-0.25, -0.2) is 10.2 Å². The van der Waals surface area contributed by atoms with Gasteiger partial charge in [-0.1, -0.05) is 0 Å². The first-order chi connectivity index (χ1) is 9.88. The fourth-order valence-corrected chi connectivity index (χ4v) is 1.71. The molecule has 2 amide bonds. The zero-order chi connectivity index (χ0) is 15.5. The Hall–Kier alpha value is -2.77. The van der Waals surface area contributed by atoms with Gasteiger partial charge in [0.25, 0.3) is 0 Å². The Labute approximate surface area is 117 Å². The lowest BCUT2D eigenvalue weighted by molar-refractivity contribution is -0.137. The van der Waals surface area contributed by atoms with Gasteiger partial charge in [-0.2, -0.15) is 18.3 Å². The molecule has 0 unspecified atom stereocenters. The maximum atomic E-state index is 12.5. The third-order valence-electron chi connectivity index (χ3n) is 2.62. The highest BCUT2D eigenvalue weighted by molar-refractivity contribution is 5.80. The number of aromatic nitrogens is 1. The smallest absolute Gasteiger partial charge is 0.350 e. The van der Waals surface area contributed by atoms with Gasteiger partial charge in [0, 0.05) is 11.9 Å². The summed E-state index contributed by atoms with van der Waals surface area (Å²) in [4.78, 5) is 10.5. The number of nitrogens with one attached hydrogen (secondary N) is 1. The number of urea groups is 1. The van der Waals surface area contributed by atoms with E-state index in [1.54, 1.807) is 22.9 Å². The highest BCUT2D eigenvalue weighted by Gasteiger charge is 2.29. The van der Waals surface area contributed by atoms with Crippen LogP contribution in [0.1, 0.15) is 11.3 Å². The number of halogens is 3. The molecule has 110 valence electrons. The summed E-state index contributed by atoms with van der Waals surface area (Å²) >= 11 is 0. The highest BCUT2D eigenvalue weighted by Crippen LogP contribution is 2.29. The lowest BCUT2D eigenvalue weighted by atomic mass is 10.2. The van der Waals surface area contributed by atoms with Gasteiger partial charge in [-0.05, 0) is 36.4 Å². The van der Waals surface area contributed by atoms with Crippen molar-refractivity contribution in [3.05, 3.63) is 53.9 Å². The summed E-state index contributed by atoms with van der Waals surface area (Å²) in [6.07, 6.45) is -1.37. The van der Waals surface area contributed by atoms with Crippen LogP contribution in [0.2, 0.25) is 0 Å². The van der Waals surface area contributed by atoms with Crippen LogP contribution in [0.25, 0.3) is 5.69 Å². The monoisotopic (exact) mass is 296 g/mol. The lowest BCUT2D eigenvalue weighted by Crippen LogP contribution is -2.24. The van der Waals surface area contributed by atoms with Gasteiger partial charge in [0.05, 0.1) is 17.5 Å². The average molecular weight is 296 g/mol. The van der Waals surface area contributed by atoms with E-state index in [9.17, 15) is 18.0 Å². The Morgan fingerprint density at radius 2 is 1.90 bits per heavy atom. The molecule has 3 N–H and O–H groups in total. The molecule has 0 saturated carbocycles. The standard InChI is InChI=1S/C13H11F3N4O/c14-13(15,16)9-3-5-10(6-4-9)20-7-1-2-11(20)8-18-19-12(17)21/h1-8H,(H3,17,19,21)/b18-8+. The van der Waals surface area contributed by atoms with Crippen LogP contribution in [0.4, 0.5) is 18.0 Å². The molecule has 0 saturated heterocycles. The van der Waals surface area contributed by atoms with Crippen molar-refractivity contribution < 1.29 is 18.0 Å². The average Bonchev–Trinajstić information content (AvgIpc) is 2.86. The zero-order valence-electron chi connectivity index (χ0n) is 10.6. The number of amides is 2. The Balaban J connectivity index is 2.25. The van der Waals surface area contributed by atoms with Gasteiger partial charge >= 0.3 is 12.2 Å². The second-order valence-electron chi connectivity index (χ2n) is 4.08. The number of nitrogens with two attached hydrogens (primary N) is 1. The number of rotatable bonds is 3. The van der Waals surface area contributed by atoms with Gasteiger partial charge in [0.15, 0.2) is 0 Å². The first-order valence-electron chi connectivity index (χ1n) is 5.81. The van der Waals surface area contributed by atoms with Crippen molar-refractivity contribution in [3.8, 4) is 5.69 Å². The maximum Gasteiger partial charge on any atom is 0.416 e. The van der Waals surface area contributed by atoms with Crippen LogP contribution in [0.5, 0.6) is 0 Å².